The molecule has 0 atom stereocenters. The molecule has 0 saturated carbocycles. The third-order valence-corrected chi connectivity index (χ3v) is 9.53. The van der Waals surface area contributed by atoms with Crippen LogP contribution in [0.5, 0.6) is 0 Å². The van der Waals surface area contributed by atoms with E-state index in [0.717, 1.165) is 0 Å². The van der Waals surface area contributed by atoms with Crippen LogP contribution < -0.4 is 0 Å². The third-order valence-electron chi connectivity index (χ3n) is 8.39. The van der Waals surface area contributed by atoms with E-state index in [9.17, 15) is 0 Å². The van der Waals surface area contributed by atoms with Crippen LogP contribution in [0.1, 0.15) is 0 Å². The number of hydrogen-bond donors (Lipinski definition) is 0. The molecule has 9 rings (SSSR count). The molecule has 39 heavy (non-hydrogen) atoms. The van der Waals surface area contributed by atoms with Crippen molar-refractivity contribution in [1.82, 2.24) is 0 Å². The standard InChI is InChI=1S/C38H22S/c1-2-8-31-30(7-1)32-10-5-6-27-21-28(22-34(31)37(27)32)24-14-12-23(13-15-24)25-16-18-29-26(20-25)17-19-36-38(29)33-9-3-4-11-35(33)39-36/h1-22H. The van der Waals surface area contributed by atoms with Gasteiger partial charge in [-0.25, -0.2) is 0 Å². The Bertz CT molecular complexity index is 2260. The van der Waals surface area contributed by atoms with Gasteiger partial charge in [0, 0.05) is 20.2 Å². The molecule has 0 amide bonds. The highest BCUT2D eigenvalue weighted by Gasteiger charge is 2.21. The van der Waals surface area contributed by atoms with Gasteiger partial charge in [0.2, 0.25) is 0 Å². The van der Waals surface area contributed by atoms with E-state index < -0.39 is 0 Å². The second-order valence-corrected chi connectivity index (χ2v) is 11.6. The van der Waals surface area contributed by atoms with Crippen LogP contribution in [0.25, 0.3) is 86.2 Å². The van der Waals surface area contributed by atoms with Crippen molar-refractivity contribution >= 4 is 53.1 Å². The van der Waals surface area contributed by atoms with E-state index in [1.807, 2.05) is 11.3 Å². The molecule has 0 aliphatic heterocycles. The summed E-state index contributed by atoms with van der Waals surface area (Å²) in [5.74, 6) is 0. The molecule has 0 saturated heterocycles. The number of benzene rings is 7. The maximum atomic E-state index is 2.37. The molecular formula is C38H22S. The van der Waals surface area contributed by atoms with Crippen LogP contribution in [-0.4, -0.2) is 0 Å². The van der Waals surface area contributed by atoms with E-state index in [1.165, 1.54) is 86.2 Å². The lowest BCUT2D eigenvalue weighted by Crippen LogP contribution is -1.84. The number of hydrogen-bond acceptors (Lipinski definition) is 1. The zero-order chi connectivity index (χ0) is 25.5. The summed E-state index contributed by atoms with van der Waals surface area (Å²) in [6, 6.07) is 49.5. The largest absolute Gasteiger partial charge is 0.135 e. The summed E-state index contributed by atoms with van der Waals surface area (Å²) >= 11 is 1.88. The highest BCUT2D eigenvalue weighted by molar-refractivity contribution is 7.26. The average Bonchev–Trinajstić information content (AvgIpc) is 3.54. The highest BCUT2D eigenvalue weighted by Crippen LogP contribution is 2.48. The first kappa shape index (κ1) is 21.2. The summed E-state index contributed by atoms with van der Waals surface area (Å²) in [6.45, 7) is 0. The molecule has 7 aromatic carbocycles. The maximum absolute atomic E-state index is 2.37. The van der Waals surface area contributed by atoms with Gasteiger partial charge in [0.05, 0.1) is 0 Å². The van der Waals surface area contributed by atoms with Crippen molar-refractivity contribution in [2.75, 3.05) is 0 Å². The van der Waals surface area contributed by atoms with Gasteiger partial charge in [-0.05, 0) is 96.4 Å². The number of rotatable bonds is 2. The van der Waals surface area contributed by atoms with Crippen LogP contribution in [0.2, 0.25) is 0 Å². The van der Waals surface area contributed by atoms with Gasteiger partial charge in [0.25, 0.3) is 0 Å². The first-order valence-electron chi connectivity index (χ1n) is 13.4. The fraction of sp³-hybridized carbons (Fsp3) is 0. The Morgan fingerprint density at radius 3 is 1.90 bits per heavy atom. The average molecular weight is 511 g/mol. The Kier molecular flexibility index (Phi) is 4.30. The van der Waals surface area contributed by atoms with Crippen LogP contribution in [0.15, 0.2) is 133 Å². The topological polar surface area (TPSA) is 0 Å². The number of thiophene rings is 1. The summed E-state index contributed by atoms with van der Waals surface area (Å²) in [5, 5.41) is 8.04. The van der Waals surface area contributed by atoms with Gasteiger partial charge >= 0.3 is 0 Å². The Morgan fingerprint density at radius 1 is 0.333 bits per heavy atom. The van der Waals surface area contributed by atoms with Crippen molar-refractivity contribution in [2.45, 2.75) is 0 Å². The van der Waals surface area contributed by atoms with Gasteiger partial charge < -0.3 is 0 Å². The van der Waals surface area contributed by atoms with Crippen LogP contribution in [0, 0.1) is 0 Å². The van der Waals surface area contributed by atoms with E-state index in [2.05, 4.69) is 133 Å². The zero-order valence-electron chi connectivity index (χ0n) is 21.1. The van der Waals surface area contributed by atoms with Gasteiger partial charge in [-0.3, -0.25) is 0 Å². The normalized spacial score (nSPS) is 12.1. The SMILES string of the molecule is c1ccc2c(c1)-c1cccc3cc(-c4ccc(-c5ccc6c(ccc7sc8ccccc8c76)c5)cc4)cc-2c13. The molecule has 1 aliphatic rings. The number of fused-ring (bicyclic) bond motifs is 8. The lowest BCUT2D eigenvalue weighted by Gasteiger charge is -2.10. The second kappa shape index (κ2) is 7.89. The molecule has 1 heterocycles. The quantitative estimate of drug-likeness (QED) is 0.217. The van der Waals surface area contributed by atoms with E-state index in [4.69, 9.17) is 0 Å². The Morgan fingerprint density at radius 2 is 1.03 bits per heavy atom. The van der Waals surface area contributed by atoms with Crippen LogP contribution >= 0.6 is 11.3 Å². The van der Waals surface area contributed by atoms with Gasteiger partial charge in [-0.15, -0.1) is 11.3 Å². The molecule has 0 bridgehead atoms. The molecule has 180 valence electrons. The molecule has 1 heteroatoms. The molecule has 1 aliphatic carbocycles. The predicted molar refractivity (Wildman–Crippen MR) is 170 cm³/mol. The van der Waals surface area contributed by atoms with Crippen LogP contribution in [-0.2, 0) is 0 Å². The maximum Gasteiger partial charge on any atom is 0.0361 e. The van der Waals surface area contributed by atoms with Crippen molar-refractivity contribution in [3.05, 3.63) is 133 Å². The zero-order valence-corrected chi connectivity index (χ0v) is 21.9. The summed E-state index contributed by atoms with van der Waals surface area (Å²) in [6.07, 6.45) is 0. The van der Waals surface area contributed by atoms with Crippen LogP contribution in [0.3, 0.4) is 0 Å². The minimum atomic E-state index is 1.24. The molecule has 0 nitrogen and oxygen atoms in total. The molecule has 0 radical (unpaired) electrons. The summed E-state index contributed by atoms with van der Waals surface area (Å²) in [5.41, 5.74) is 10.4. The van der Waals surface area contributed by atoms with Crippen molar-refractivity contribution in [1.29, 1.82) is 0 Å². The van der Waals surface area contributed by atoms with Gasteiger partial charge in [-0.2, -0.15) is 0 Å². The van der Waals surface area contributed by atoms with Crippen molar-refractivity contribution in [3.8, 4) is 44.5 Å². The van der Waals surface area contributed by atoms with Gasteiger partial charge in [0.1, 0.15) is 0 Å². The molecule has 0 unspecified atom stereocenters. The third kappa shape index (κ3) is 3.05. The molecule has 0 N–H and O–H groups in total. The fourth-order valence-corrected chi connectivity index (χ4v) is 7.69. The Balaban J connectivity index is 1.14. The first-order valence-corrected chi connectivity index (χ1v) is 14.2. The minimum Gasteiger partial charge on any atom is -0.135 e. The van der Waals surface area contributed by atoms with E-state index in [0.29, 0.717) is 0 Å². The highest BCUT2D eigenvalue weighted by atomic mass is 32.1. The Labute approximate surface area is 230 Å². The molecule has 8 aromatic rings. The van der Waals surface area contributed by atoms with E-state index in [1.54, 1.807) is 0 Å². The minimum absolute atomic E-state index is 1.24. The summed E-state index contributed by atoms with van der Waals surface area (Å²) in [4.78, 5) is 0. The molecular weight excluding hydrogens is 488 g/mol. The molecule has 0 spiro atoms. The monoisotopic (exact) mass is 510 g/mol. The van der Waals surface area contributed by atoms with Crippen molar-refractivity contribution in [2.24, 2.45) is 0 Å². The van der Waals surface area contributed by atoms with Crippen molar-refractivity contribution in [3.63, 3.8) is 0 Å². The summed E-state index contributed by atoms with van der Waals surface area (Å²) in [7, 11) is 0. The van der Waals surface area contributed by atoms with Gasteiger partial charge in [0.15, 0.2) is 0 Å². The molecule has 1 aromatic heterocycles. The van der Waals surface area contributed by atoms with E-state index in [-0.39, 0.29) is 0 Å². The van der Waals surface area contributed by atoms with E-state index >= 15 is 0 Å². The fourth-order valence-electron chi connectivity index (χ4n) is 6.57. The smallest absolute Gasteiger partial charge is 0.0361 e. The van der Waals surface area contributed by atoms with Gasteiger partial charge in [-0.1, -0.05) is 103 Å². The first-order chi connectivity index (χ1) is 19.3. The predicted octanol–water partition coefficient (Wildman–Crippen LogP) is 11.3. The Hall–Kier alpha value is -4.72. The molecule has 0 fully saturated rings. The lowest BCUT2D eigenvalue weighted by molar-refractivity contribution is 1.62. The van der Waals surface area contributed by atoms with Crippen LogP contribution in [0.4, 0.5) is 0 Å². The van der Waals surface area contributed by atoms with Crippen molar-refractivity contribution < 1.29 is 0 Å². The second-order valence-electron chi connectivity index (χ2n) is 10.5. The summed E-state index contributed by atoms with van der Waals surface area (Å²) < 4.78 is 2.71. The lowest BCUT2D eigenvalue weighted by atomic mass is 9.94.